The fourth-order valence-electron chi connectivity index (χ4n) is 4.12. The molecule has 0 aliphatic carbocycles. The smallest absolute Gasteiger partial charge is 0.315 e. The molecule has 0 bridgehead atoms. The molecule has 2 aliphatic heterocycles. The van der Waals surface area contributed by atoms with Gasteiger partial charge in [-0.1, -0.05) is 6.42 Å². The van der Waals surface area contributed by atoms with E-state index >= 15 is 0 Å². The monoisotopic (exact) mass is 536 g/mol. The lowest BCUT2D eigenvalue weighted by atomic mass is 9.93. The molecule has 2 N–H and O–H groups in total. The average Bonchev–Trinajstić information content (AvgIpc) is 3.34. The molecule has 0 saturated carbocycles. The SMILES string of the molecule is CC(O)C(OC(=O)CCCCCN1C(=O)C=CC1=O)C(C(=O)OCCCCCN1C(=O)C=CC1=O)C(C)O. The van der Waals surface area contributed by atoms with Crippen LogP contribution in [0.4, 0.5) is 0 Å². The summed E-state index contributed by atoms with van der Waals surface area (Å²) in [5, 5.41) is 20.3. The van der Waals surface area contributed by atoms with Crippen LogP contribution in [0.15, 0.2) is 24.3 Å². The fraction of sp³-hybridized carbons (Fsp3) is 0.615. The van der Waals surface area contributed by atoms with Gasteiger partial charge in [-0.25, -0.2) is 0 Å². The van der Waals surface area contributed by atoms with Gasteiger partial charge in [-0.2, -0.15) is 0 Å². The molecule has 2 aliphatic rings. The average molecular weight is 537 g/mol. The summed E-state index contributed by atoms with van der Waals surface area (Å²) < 4.78 is 10.6. The molecule has 0 fully saturated rings. The van der Waals surface area contributed by atoms with Gasteiger partial charge in [0.1, 0.15) is 12.0 Å². The van der Waals surface area contributed by atoms with E-state index in [9.17, 15) is 39.0 Å². The van der Waals surface area contributed by atoms with Crippen molar-refractivity contribution in [3.8, 4) is 0 Å². The quantitative estimate of drug-likeness (QED) is 0.151. The van der Waals surface area contributed by atoms with E-state index in [1.54, 1.807) is 0 Å². The first kappa shape index (κ1) is 30.8. The van der Waals surface area contributed by atoms with Crippen LogP contribution in [-0.4, -0.2) is 93.6 Å². The van der Waals surface area contributed by atoms with E-state index in [0.717, 1.165) is 9.80 Å². The first-order valence-corrected chi connectivity index (χ1v) is 12.8. The van der Waals surface area contributed by atoms with Crippen LogP contribution in [0, 0.1) is 5.92 Å². The van der Waals surface area contributed by atoms with Crippen molar-refractivity contribution >= 4 is 35.6 Å². The van der Waals surface area contributed by atoms with Crippen LogP contribution < -0.4 is 0 Å². The molecular formula is C26H36N2O10. The molecule has 0 saturated heterocycles. The number of nitrogens with zero attached hydrogens (tertiary/aromatic N) is 2. The molecule has 4 unspecified atom stereocenters. The van der Waals surface area contributed by atoms with Crippen LogP contribution in [0.2, 0.25) is 0 Å². The van der Waals surface area contributed by atoms with Crippen molar-refractivity contribution in [1.29, 1.82) is 0 Å². The van der Waals surface area contributed by atoms with Gasteiger partial charge < -0.3 is 19.7 Å². The van der Waals surface area contributed by atoms with Crippen molar-refractivity contribution in [2.24, 2.45) is 5.92 Å². The van der Waals surface area contributed by atoms with Gasteiger partial charge in [0.15, 0.2) is 0 Å². The number of rotatable bonds is 17. The normalized spacial score (nSPS) is 18.2. The zero-order valence-corrected chi connectivity index (χ0v) is 21.7. The number of imide groups is 2. The lowest BCUT2D eigenvalue weighted by molar-refractivity contribution is -0.175. The maximum atomic E-state index is 12.7. The number of amides is 4. The summed E-state index contributed by atoms with van der Waals surface area (Å²) in [7, 11) is 0. The Hall–Kier alpha value is -3.38. The number of carbonyl (C=O) groups excluding carboxylic acids is 6. The van der Waals surface area contributed by atoms with Gasteiger partial charge in [-0.05, 0) is 46.0 Å². The first-order chi connectivity index (χ1) is 18.0. The number of aliphatic hydroxyl groups excluding tert-OH is 2. The molecular weight excluding hydrogens is 500 g/mol. The Labute approximate surface area is 221 Å². The molecule has 0 aromatic carbocycles. The fourth-order valence-corrected chi connectivity index (χ4v) is 4.12. The molecule has 4 atom stereocenters. The van der Waals surface area contributed by atoms with Crippen molar-refractivity contribution in [2.45, 2.75) is 77.1 Å². The molecule has 2 heterocycles. The number of aliphatic hydroxyl groups is 2. The Morgan fingerprint density at radius 3 is 1.66 bits per heavy atom. The summed E-state index contributed by atoms with van der Waals surface area (Å²) in [6.45, 7) is 3.20. The highest BCUT2D eigenvalue weighted by Gasteiger charge is 2.39. The van der Waals surface area contributed by atoms with Crippen LogP contribution in [-0.2, 0) is 38.2 Å². The Bertz CT molecular complexity index is 920. The first-order valence-electron chi connectivity index (χ1n) is 12.8. The molecule has 12 nitrogen and oxygen atoms in total. The van der Waals surface area contributed by atoms with Crippen LogP contribution >= 0.6 is 0 Å². The van der Waals surface area contributed by atoms with Crippen LogP contribution in [0.3, 0.4) is 0 Å². The van der Waals surface area contributed by atoms with Gasteiger partial charge in [0, 0.05) is 43.8 Å². The summed E-state index contributed by atoms with van der Waals surface area (Å²) in [5.74, 6) is -4.22. The van der Waals surface area contributed by atoms with Crippen molar-refractivity contribution in [1.82, 2.24) is 9.80 Å². The van der Waals surface area contributed by atoms with E-state index in [-0.39, 0.29) is 49.7 Å². The predicted molar refractivity (Wildman–Crippen MR) is 132 cm³/mol. The maximum Gasteiger partial charge on any atom is 0.315 e. The third kappa shape index (κ3) is 9.18. The molecule has 0 aromatic rings. The second kappa shape index (κ2) is 15.1. The lowest BCUT2D eigenvalue weighted by Crippen LogP contribution is -2.46. The highest BCUT2D eigenvalue weighted by atomic mass is 16.6. The number of esters is 2. The number of hydrogen-bond donors (Lipinski definition) is 2. The van der Waals surface area contributed by atoms with Crippen LogP contribution in [0.1, 0.15) is 58.8 Å². The lowest BCUT2D eigenvalue weighted by Gasteiger charge is -2.29. The van der Waals surface area contributed by atoms with Crippen molar-refractivity contribution in [3.05, 3.63) is 24.3 Å². The van der Waals surface area contributed by atoms with E-state index in [1.807, 2.05) is 0 Å². The maximum absolute atomic E-state index is 12.7. The zero-order valence-electron chi connectivity index (χ0n) is 21.7. The highest BCUT2D eigenvalue weighted by molar-refractivity contribution is 6.13. The summed E-state index contributed by atoms with van der Waals surface area (Å²) in [6, 6.07) is 0. The van der Waals surface area contributed by atoms with E-state index in [0.29, 0.717) is 38.5 Å². The molecule has 0 aromatic heterocycles. The van der Waals surface area contributed by atoms with E-state index in [2.05, 4.69) is 0 Å². The molecule has 0 spiro atoms. The van der Waals surface area contributed by atoms with Gasteiger partial charge in [-0.15, -0.1) is 0 Å². The van der Waals surface area contributed by atoms with E-state index < -0.39 is 36.2 Å². The molecule has 38 heavy (non-hydrogen) atoms. The largest absolute Gasteiger partial charge is 0.465 e. The van der Waals surface area contributed by atoms with Crippen molar-refractivity contribution < 1.29 is 48.5 Å². The number of carbonyl (C=O) groups is 6. The summed E-state index contributed by atoms with van der Waals surface area (Å²) in [6.07, 6.45) is 4.02. The van der Waals surface area contributed by atoms with E-state index in [1.165, 1.54) is 38.2 Å². The highest BCUT2D eigenvalue weighted by Crippen LogP contribution is 2.20. The third-order valence-corrected chi connectivity index (χ3v) is 6.22. The molecule has 210 valence electrons. The minimum atomic E-state index is -1.32. The van der Waals surface area contributed by atoms with Crippen molar-refractivity contribution in [3.63, 3.8) is 0 Å². The second-order valence-electron chi connectivity index (χ2n) is 9.32. The molecule has 4 amide bonds. The van der Waals surface area contributed by atoms with Crippen LogP contribution in [0.5, 0.6) is 0 Å². The summed E-state index contributed by atoms with van der Waals surface area (Å²) in [5.41, 5.74) is 0. The summed E-state index contributed by atoms with van der Waals surface area (Å²) in [4.78, 5) is 73.4. The van der Waals surface area contributed by atoms with Gasteiger partial charge in [0.25, 0.3) is 23.6 Å². The van der Waals surface area contributed by atoms with E-state index in [4.69, 9.17) is 9.47 Å². The molecule has 12 heteroatoms. The number of unbranched alkanes of at least 4 members (excludes halogenated alkanes) is 4. The van der Waals surface area contributed by atoms with Gasteiger partial charge in [-0.3, -0.25) is 38.6 Å². The minimum Gasteiger partial charge on any atom is -0.465 e. The van der Waals surface area contributed by atoms with Gasteiger partial charge >= 0.3 is 11.9 Å². The Morgan fingerprint density at radius 2 is 1.21 bits per heavy atom. The minimum absolute atomic E-state index is 0.0114. The number of hydrogen-bond acceptors (Lipinski definition) is 10. The van der Waals surface area contributed by atoms with Gasteiger partial charge in [0.2, 0.25) is 0 Å². The van der Waals surface area contributed by atoms with Crippen molar-refractivity contribution in [2.75, 3.05) is 19.7 Å². The molecule has 2 rings (SSSR count). The number of ether oxygens (including phenoxy) is 2. The standard InChI is InChI=1S/C26H36N2O10/c1-17(29)24(26(36)37-16-8-4-7-15-28-21(33)12-13-22(28)34)25(18(2)30)38-23(35)9-5-3-6-14-27-19(31)10-11-20(27)32/h10-13,17-18,24-25,29-30H,3-9,14-16H2,1-2H3. The predicted octanol–water partition coefficient (Wildman–Crippen LogP) is 0.400. The third-order valence-electron chi connectivity index (χ3n) is 6.22. The Morgan fingerprint density at radius 1 is 0.737 bits per heavy atom. The Balaban J connectivity index is 1.72. The summed E-state index contributed by atoms with van der Waals surface area (Å²) >= 11 is 0. The molecule has 0 radical (unpaired) electrons. The van der Waals surface area contributed by atoms with Crippen LogP contribution in [0.25, 0.3) is 0 Å². The Kier molecular flexibility index (Phi) is 12.3. The topological polar surface area (TPSA) is 168 Å². The zero-order chi connectivity index (χ0) is 28.2. The second-order valence-corrected chi connectivity index (χ2v) is 9.32. The van der Waals surface area contributed by atoms with Gasteiger partial charge in [0.05, 0.1) is 18.8 Å².